The summed E-state index contributed by atoms with van der Waals surface area (Å²) in [7, 11) is 0. The Morgan fingerprint density at radius 2 is 0.493 bits per heavy atom. The summed E-state index contributed by atoms with van der Waals surface area (Å²) in [5, 5.41) is 0. The summed E-state index contributed by atoms with van der Waals surface area (Å²) in [6.07, 6.45) is 77.3. The molecule has 426 valence electrons. The molecule has 0 saturated carbocycles. The molecule has 0 rings (SSSR count). The summed E-state index contributed by atoms with van der Waals surface area (Å²) in [5.41, 5.74) is 0. The predicted octanol–water partition coefficient (Wildman–Crippen LogP) is 21.8. The van der Waals surface area contributed by atoms with Gasteiger partial charge in [-0.1, -0.05) is 288 Å². The fraction of sp³-hybridized carbons (Fsp3) is 0.836. The maximum atomic E-state index is 12.8. The summed E-state index contributed by atoms with van der Waals surface area (Å²) in [5.74, 6) is -0.871. The second kappa shape index (κ2) is 61.9. The van der Waals surface area contributed by atoms with E-state index in [-0.39, 0.29) is 31.1 Å². The van der Waals surface area contributed by atoms with Crippen LogP contribution in [0.15, 0.2) is 48.6 Å². The zero-order valence-electron chi connectivity index (χ0n) is 48.9. The van der Waals surface area contributed by atoms with Crippen LogP contribution in [0, 0.1) is 0 Å². The Labute approximate surface area is 454 Å². The number of ether oxygens (including phenoxy) is 3. The van der Waals surface area contributed by atoms with Crippen LogP contribution in [-0.4, -0.2) is 37.2 Å². The number of hydrogen-bond donors (Lipinski definition) is 0. The average molecular weight is 1020 g/mol. The minimum Gasteiger partial charge on any atom is -0.462 e. The first-order chi connectivity index (χ1) is 36.0. The lowest BCUT2D eigenvalue weighted by Crippen LogP contribution is -2.30. The third-order valence-electron chi connectivity index (χ3n) is 14.3. The summed E-state index contributed by atoms with van der Waals surface area (Å²) < 4.78 is 16.8. The molecule has 1 atom stereocenters. The molecule has 0 heterocycles. The highest BCUT2D eigenvalue weighted by atomic mass is 16.6. The molecule has 0 radical (unpaired) electrons. The number of carbonyl (C=O) groups is 3. The Morgan fingerprint density at radius 1 is 0.274 bits per heavy atom. The molecular formula is C67H122O6. The molecule has 6 nitrogen and oxygen atoms in total. The van der Waals surface area contributed by atoms with Crippen LogP contribution in [0.5, 0.6) is 0 Å². The molecular weight excluding hydrogens is 901 g/mol. The van der Waals surface area contributed by atoms with Gasteiger partial charge in [0.25, 0.3) is 0 Å². The van der Waals surface area contributed by atoms with Gasteiger partial charge in [-0.15, -0.1) is 0 Å². The van der Waals surface area contributed by atoms with E-state index in [0.29, 0.717) is 19.3 Å². The van der Waals surface area contributed by atoms with Crippen LogP contribution in [0.1, 0.15) is 342 Å². The minimum absolute atomic E-state index is 0.0722. The number of rotatable bonds is 59. The van der Waals surface area contributed by atoms with E-state index in [0.717, 1.165) is 77.0 Å². The Bertz CT molecular complexity index is 1270. The molecule has 0 aromatic rings. The second-order valence-corrected chi connectivity index (χ2v) is 21.7. The van der Waals surface area contributed by atoms with Crippen LogP contribution >= 0.6 is 0 Å². The molecule has 0 aliphatic rings. The molecule has 6 heteroatoms. The van der Waals surface area contributed by atoms with E-state index in [1.165, 1.54) is 225 Å². The lowest BCUT2D eigenvalue weighted by Gasteiger charge is -2.18. The number of allylic oxidation sites excluding steroid dienone is 8. The van der Waals surface area contributed by atoms with Gasteiger partial charge in [0.15, 0.2) is 6.10 Å². The number of unbranched alkanes of at least 4 members (excludes halogenated alkanes) is 40. The molecule has 0 amide bonds. The third-order valence-corrected chi connectivity index (χ3v) is 14.3. The monoisotopic (exact) mass is 1020 g/mol. The zero-order chi connectivity index (χ0) is 52.9. The number of hydrogen-bond acceptors (Lipinski definition) is 6. The van der Waals surface area contributed by atoms with Crippen molar-refractivity contribution in [1.82, 2.24) is 0 Å². The molecule has 0 aromatic carbocycles. The van der Waals surface area contributed by atoms with Gasteiger partial charge < -0.3 is 14.2 Å². The second-order valence-electron chi connectivity index (χ2n) is 21.7. The highest BCUT2D eigenvalue weighted by molar-refractivity contribution is 5.71. The molecule has 73 heavy (non-hydrogen) atoms. The molecule has 0 aliphatic heterocycles. The zero-order valence-corrected chi connectivity index (χ0v) is 48.9. The van der Waals surface area contributed by atoms with Crippen molar-refractivity contribution >= 4 is 17.9 Å². The summed E-state index contributed by atoms with van der Waals surface area (Å²) in [6.45, 7) is 6.61. The van der Waals surface area contributed by atoms with Crippen molar-refractivity contribution in [2.45, 2.75) is 348 Å². The highest BCUT2D eigenvalue weighted by Crippen LogP contribution is 2.17. The van der Waals surface area contributed by atoms with E-state index >= 15 is 0 Å². The summed E-state index contributed by atoms with van der Waals surface area (Å²) >= 11 is 0. The summed E-state index contributed by atoms with van der Waals surface area (Å²) in [4.78, 5) is 38.0. The Balaban J connectivity index is 3.98. The maximum absolute atomic E-state index is 12.8. The van der Waals surface area contributed by atoms with Crippen molar-refractivity contribution in [2.24, 2.45) is 0 Å². The first kappa shape index (κ1) is 70.4. The first-order valence-corrected chi connectivity index (χ1v) is 32.1. The Hall–Kier alpha value is -2.63. The molecule has 0 N–H and O–H groups in total. The molecule has 1 unspecified atom stereocenters. The lowest BCUT2D eigenvalue weighted by molar-refractivity contribution is -0.167. The molecule has 0 fully saturated rings. The van der Waals surface area contributed by atoms with Gasteiger partial charge in [-0.05, 0) is 83.5 Å². The van der Waals surface area contributed by atoms with Crippen molar-refractivity contribution in [3.63, 3.8) is 0 Å². The van der Waals surface area contributed by atoms with E-state index < -0.39 is 6.10 Å². The van der Waals surface area contributed by atoms with E-state index in [9.17, 15) is 14.4 Å². The van der Waals surface area contributed by atoms with Crippen LogP contribution in [0.4, 0.5) is 0 Å². The van der Waals surface area contributed by atoms with E-state index in [1.807, 2.05) is 0 Å². The van der Waals surface area contributed by atoms with Gasteiger partial charge in [0.05, 0.1) is 0 Å². The average Bonchev–Trinajstić information content (AvgIpc) is 3.39. The molecule has 0 bridgehead atoms. The van der Waals surface area contributed by atoms with E-state index in [4.69, 9.17) is 14.2 Å². The van der Waals surface area contributed by atoms with Gasteiger partial charge in [0.2, 0.25) is 0 Å². The van der Waals surface area contributed by atoms with Crippen molar-refractivity contribution in [3.8, 4) is 0 Å². The van der Waals surface area contributed by atoms with Crippen LogP contribution in [-0.2, 0) is 28.6 Å². The van der Waals surface area contributed by atoms with Crippen LogP contribution in [0.2, 0.25) is 0 Å². The molecule has 0 spiro atoms. The molecule has 0 saturated heterocycles. The van der Waals surface area contributed by atoms with Gasteiger partial charge in [0.1, 0.15) is 13.2 Å². The number of esters is 3. The Kier molecular flexibility index (Phi) is 59.7. The van der Waals surface area contributed by atoms with Crippen LogP contribution < -0.4 is 0 Å². The number of carbonyl (C=O) groups excluding carboxylic acids is 3. The van der Waals surface area contributed by atoms with Crippen LogP contribution in [0.3, 0.4) is 0 Å². The predicted molar refractivity (Wildman–Crippen MR) is 316 cm³/mol. The van der Waals surface area contributed by atoms with E-state index in [2.05, 4.69) is 69.4 Å². The molecule has 0 aliphatic carbocycles. The standard InChI is InChI=1S/C67H122O6/c1-4-7-10-13-16-18-20-22-24-25-26-27-28-29-30-31-32-33-34-35-36-37-38-39-40-41-43-44-46-48-51-54-57-60-66(69)72-63-64(62-71-65(68)59-56-53-50-15-12-9-6-3)73-67(70)61-58-55-52-49-47-45-42-23-21-19-17-14-11-8-5-2/h20,22-23,25-26,28-29,42,64H,4-19,21,24,27,30-41,43-63H2,1-3H3/b22-20-,26-25-,29-28-,42-23-. The smallest absolute Gasteiger partial charge is 0.306 e. The maximum Gasteiger partial charge on any atom is 0.306 e. The van der Waals surface area contributed by atoms with Crippen molar-refractivity contribution in [3.05, 3.63) is 48.6 Å². The van der Waals surface area contributed by atoms with E-state index in [1.54, 1.807) is 0 Å². The SMILES string of the molecule is CCCCCCC/C=C\C/C=C\C/C=C\CCCCCCCCCCCCCCCCCCCCC(=O)OCC(COC(=O)CCCCCCCCC)OC(=O)CCCCCCC/C=C\CCCCCCCC. The summed E-state index contributed by atoms with van der Waals surface area (Å²) in [6, 6.07) is 0. The van der Waals surface area contributed by atoms with Gasteiger partial charge in [-0.3, -0.25) is 14.4 Å². The third kappa shape index (κ3) is 60.1. The van der Waals surface area contributed by atoms with Crippen LogP contribution in [0.25, 0.3) is 0 Å². The largest absolute Gasteiger partial charge is 0.462 e. The van der Waals surface area contributed by atoms with Crippen molar-refractivity contribution in [2.75, 3.05) is 13.2 Å². The molecule has 0 aromatic heterocycles. The highest BCUT2D eigenvalue weighted by Gasteiger charge is 2.19. The van der Waals surface area contributed by atoms with Gasteiger partial charge in [0, 0.05) is 19.3 Å². The minimum atomic E-state index is -0.772. The van der Waals surface area contributed by atoms with Gasteiger partial charge in [-0.2, -0.15) is 0 Å². The quantitative estimate of drug-likeness (QED) is 0.0261. The Morgan fingerprint density at radius 3 is 0.781 bits per heavy atom. The van der Waals surface area contributed by atoms with Gasteiger partial charge >= 0.3 is 17.9 Å². The fourth-order valence-corrected chi connectivity index (χ4v) is 9.45. The topological polar surface area (TPSA) is 78.9 Å². The lowest BCUT2D eigenvalue weighted by atomic mass is 10.0. The normalized spacial score (nSPS) is 12.3. The first-order valence-electron chi connectivity index (χ1n) is 32.1. The fourth-order valence-electron chi connectivity index (χ4n) is 9.45. The van der Waals surface area contributed by atoms with Gasteiger partial charge in [-0.25, -0.2) is 0 Å². The van der Waals surface area contributed by atoms with Crippen molar-refractivity contribution < 1.29 is 28.6 Å². The van der Waals surface area contributed by atoms with Crippen molar-refractivity contribution in [1.29, 1.82) is 0 Å².